The largest absolute Gasteiger partial charge is 0.383 e. The van der Waals surface area contributed by atoms with Crippen molar-refractivity contribution in [1.29, 1.82) is 0 Å². The van der Waals surface area contributed by atoms with Crippen molar-refractivity contribution in [3.63, 3.8) is 0 Å². The Morgan fingerprint density at radius 3 is 2.63 bits per heavy atom. The third kappa shape index (κ3) is 3.38. The summed E-state index contributed by atoms with van der Waals surface area (Å²) < 4.78 is 2.32. The second-order valence-electron chi connectivity index (χ2n) is 7.60. The van der Waals surface area contributed by atoms with E-state index < -0.39 is 5.60 Å². The van der Waals surface area contributed by atoms with E-state index in [-0.39, 0.29) is 0 Å². The van der Waals surface area contributed by atoms with Crippen molar-refractivity contribution in [3.8, 4) is 0 Å². The summed E-state index contributed by atoms with van der Waals surface area (Å²) in [4.78, 5) is 6.47. The third-order valence-corrected chi connectivity index (χ3v) is 6.18. The van der Waals surface area contributed by atoms with Crippen molar-refractivity contribution in [1.82, 2.24) is 14.5 Å². The van der Waals surface area contributed by atoms with Crippen molar-refractivity contribution in [2.45, 2.75) is 38.3 Å². The molecule has 142 valence electrons. The Hall–Kier alpha value is -1.88. The maximum atomic E-state index is 11.5. The lowest BCUT2D eigenvalue weighted by atomic mass is 9.91. The van der Waals surface area contributed by atoms with Gasteiger partial charge in [0.15, 0.2) is 0 Å². The van der Waals surface area contributed by atoms with Crippen LogP contribution in [0, 0.1) is 0 Å². The van der Waals surface area contributed by atoms with Gasteiger partial charge in [0.2, 0.25) is 0 Å². The molecule has 0 fully saturated rings. The van der Waals surface area contributed by atoms with Crippen LogP contribution in [0.4, 0.5) is 0 Å². The van der Waals surface area contributed by atoms with E-state index in [1.54, 1.807) is 12.4 Å². The summed E-state index contributed by atoms with van der Waals surface area (Å²) in [6, 6.07) is 9.95. The molecule has 4 rings (SSSR count). The summed E-state index contributed by atoms with van der Waals surface area (Å²) in [6.45, 7) is 4.64. The minimum absolute atomic E-state index is 0.532. The zero-order valence-corrected chi connectivity index (χ0v) is 16.7. The van der Waals surface area contributed by atoms with Crippen LogP contribution < -0.4 is 0 Å². The summed E-state index contributed by atoms with van der Waals surface area (Å²) >= 11 is 6.32. The predicted molar refractivity (Wildman–Crippen MR) is 110 cm³/mol. The number of halogens is 1. The van der Waals surface area contributed by atoms with Gasteiger partial charge in [-0.1, -0.05) is 18.5 Å². The molecule has 1 unspecified atom stereocenters. The van der Waals surface area contributed by atoms with Crippen molar-refractivity contribution >= 4 is 22.5 Å². The second-order valence-corrected chi connectivity index (χ2v) is 8.03. The van der Waals surface area contributed by atoms with Gasteiger partial charge in [0.05, 0.1) is 6.54 Å². The monoisotopic (exact) mass is 383 g/mol. The second kappa shape index (κ2) is 7.27. The fourth-order valence-corrected chi connectivity index (χ4v) is 4.41. The zero-order valence-electron chi connectivity index (χ0n) is 16.0. The number of aliphatic hydroxyl groups is 1. The molecule has 3 heterocycles. The molecular formula is C22H26ClN3O. The van der Waals surface area contributed by atoms with Gasteiger partial charge in [-0.2, -0.15) is 0 Å². The predicted octanol–water partition coefficient (Wildman–Crippen LogP) is 4.02. The molecule has 1 aliphatic rings. The standard InChI is InChI=1S/C22H26ClN3O/c1-3-22(27,16-6-10-24-11-7-16)15-26-20-5-4-17(23)14-19(20)18-8-12-25(2)13-9-21(18)26/h4-7,10-11,14,27H,3,8-9,12-13,15H2,1-2H3. The molecule has 27 heavy (non-hydrogen) atoms. The van der Waals surface area contributed by atoms with Crippen molar-refractivity contribution in [3.05, 3.63) is 64.6 Å². The number of rotatable bonds is 4. The SMILES string of the molecule is CCC(O)(Cn1c2c(c3cc(Cl)ccc31)CCN(C)CC2)c1ccncc1. The van der Waals surface area contributed by atoms with Gasteiger partial charge in [-0.25, -0.2) is 0 Å². The molecule has 1 aliphatic heterocycles. The Kier molecular flexibility index (Phi) is 4.97. The first kappa shape index (κ1) is 18.5. The van der Waals surface area contributed by atoms with Crippen LogP contribution >= 0.6 is 11.6 Å². The molecule has 0 bridgehead atoms. The molecule has 1 aromatic carbocycles. The molecule has 0 amide bonds. The number of hydrogen-bond acceptors (Lipinski definition) is 3. The van der Waals surface area contributed by atoms with Crippen LogP contribution in [0.3, 0.4) is 0 Å². The molecule has 1 N–H and O–H groups in total. The lowest BCUT2D eigenvalue weighted by Crippen LogP contribution is -2.31. The highest BCUT2D eigenvalue weighted by Gasteiger charge is 2.31. The maximum Gasteiger partial charge on any atom is 0.107 e. The van der Waals surface area contributed by atoms with E-state index in [9.17, 15) is 5.11 Å². The van der Waals surface area contributed by atoms with Crippen LogP contribution in [-0.4, -0.2) is 39.7 Å². The minimum Gasteiger partial charge on any atom is -0.383 e. The topological polar surface area (TPSA) is 41.3 Å². The van der Waals surface area contributed by atoms with Crippen molar-refractivity contribution < 1.29 is 5.11 Å². The van der Waals surface area contributed by atoms with Gasteiger partial charge in [-0.3, -0.25) is 4.98 Å². The maximum absolute atomic E-state index is 11.5. The number of fused-ring (bicyclic) bond motifs is 3. The van der Waals surface area contributed by atoms with Gasteiger partial charge < -0.3 is 14.6 Å². The summed E-state index contributed by atoms with van der Waals surface area (Å²) in [5, 5.41) is 13.5. The van der Waals surface area contributed by atoms with Gasteiger partial charge in [-0.05, 0) is 61.3 Å². The Balaban J connectivity index is 1.86. The van der Waals surface area contributed by atoms with E-state index in [0.29, 0.717) is 13.0 Å². The number of hydrogen-bond donors (Lipinski definition) is 1. The van der Waals surface area contributed by atoms with Crippen LogP contribution in [0.25, 0.3) is 10.9 Å². The fraction of sp³-hybridized carbons (Fsp3) is 0.409. The molecule has 2 aromatic heterocycles. The number of likely N-dealkylation sites (N-methyl/N-ethyl adjacent to an activating group) is 1. The van der Waals surface area contributed by atoms with E-state index in [1.165, 1.54) is 16.6 Å². The van der Waals surface area contributed by atoms with Crippen LogP contribution in [0.2, 0.25) is 5.02 Å². The Labute approximate surface area is 165 Å². The first-order chi connectivity index (χ1) is 13.0. The molecule has 0 saturated carbocycles. The van der Waals surface area contributed by atoms with E-state index in [2.05, 4.69) is 33.6 Å². The lowest BCUT2D eigenvalue weighted by molar-refractivity contribution is 0.0148. The highest BCUT2D eigenvalue weighted by atomic mass is 35.5. The summed E-state index contributed by atoms with van der Waals surface area (Å²) in [5.41, 5.74) is 3.85. The normalized spacial score (nSPS) is 17.5. The minimum atomic E-state index is -0.930. The third-order valence-electron chi connectivity index (χ3n) is 5.94. The summed E-state index contributed by atoms with van der Waals surface area (Å²) in [7, 11) is 2.17. The van der Waals surface area contributed by atoms with Crippen molar-refractivity contribution in [2.75, 3.05) is 20.1 Å². The van der Waals surface area contributed by atoms with Crippen LogP contribution in [0.5, 0.6) is 0 Å². The summed E-state index contributed by atoms with van der Waals surface area (Å²) in [6.07, 6.45) is 6.13. The highest BCUT2D eigenvalue weighted by Crippen LogP contribution is 2.35. The molecule has 1 atom stereocenters. The van der Waals surface area contributed by atoms with Gasteiger partial charge >= 0.3 is 0 Å². The molecule has 0 spiro atoms. The number of nitrogens with zero attached hydrogens (tertiary/aromatic N) is 3. The molecule has 0 aliphatic carbocycles. The highest BCUT2D eigenvalue weighted by molar-refractivity contribution is 6.31. The Bertz CT molecular complexity index is 953. The molecule has 5 heteroatoms. The first-order valence-electron chi connectivity index (χ1n) is 9.63. The van der Waals surface area contributed by atoms with Gasteiger partial charge in [0, 0.05) is 53.5 Å². The molecular weight excluding hydrogens is 358 g/mol. The van der Waals surface area contributed by atoms with E-state index in [1.807, 2.05) is 25.1 Å². The fourth-order valence-electron chi connectivity index (χ4n) is 4.24. The van der Waals surface area contributed by atoms with Crippen LogP contribution in [0.15, 0.2) is 42.7 Å². The van der Waals surface area contributed by atoms with E-state index in [0.717, 1.165) is 42.0 Å². The van der Waals surface area contributed by atoms with Crippen LogP contribution in [0.1, 0.15) is 30.2 Å². The molecule has 3 aromatic rings. The van der Waals surface area contributed by atoms with Gasteiger partial charge in [0.25, 0.3) is 0 Å². The smallest absolute Gasteiger partial charge is 0.107 e. The first-order valence-corrected chi connectivity index (χ1v) is 10.0. The zero-order chi connectivity index (χ0) is 19.0. The Morgan fingerprint density at radius 2 is 1.89 bits per heavy atom. The average Bonchev–Trinajstić information content (AvgIpc) is 2.82. The quantitative estimate of drug-likeness (QED) is 0.739. The van der Waals surface area contributed by atoms with E-state index in [4.69, 9.17) is 11.6 Å². The van der Waals surface area contributed by atoms with Gasteiger partial charge in [-0.15, -0.1) is 0 Å². The van der Waals surface area contributed by atoms with Crippen molar-refractivity contribution in [2.24, 2.45) is 0 Å². The number of pyridine rings is 1. The number of benzene rings is 1. The van der Waals surface area contributed by atoms with E-state index >= 15 is 0 Å². The molecule has 0 radical (unpaired) electrons. The van der Waals surface area contributed by atoms with Gasteiger partial charge in [0.1, 0.15) is 5.60 Å². The van der Waals surface area contributed by atoms with Crippen LogP contribution in [-0.2, 0) is 25.0 Å². The number of aromatic nitrogens is 2. The molecule has 4 nitrogen and oxygen atoms in total. The lowest BCUT2D eigenvalue weighted by Gasteiger charge is -2.29. The summed E-state index contributed by atoms with van der Waals surface area (Å²) in [5.74, 6) is 0. The average molecular weight is 384 g/mol. The Morgan fingerprint density at radius 1 is 1.15 bits per heavy atom. The molecule has 0 saturated heterocycles.